The molecule has 2 N–H and O–H groups in total. The summed E-state index contributed by atoms with van der Waals surface area (Å²) < 4.78 is 3.14. The van der Waals surface area contributed by atoms with Crippen LogP contribution in [0.3, 0.4) is 0 Å². The minimum Gasteiger partial charge on any atom is -0.480 e. The van der Waals surface area contributed by atoms with Crippen molar-refractivity contribution < 1.29 is 9.90 Å². The third-order valence-electron chi connectivity index (χ3n) is 4.18. The van der Waals surface area contributed by atoms with Crippen molar-refractivity contribution in [1.29, 1.82) is 0 Å². The molecular formula is C17H17N7O2. The number of carbonyl (C=O) groups is 1. The van der Waals surface area contributed by atoms with E-state index in [1.54, 1.807) is 11.0 Å². The number of H-pyrrole nitrogens is 1. The summed E-state index contributed by atoms with van der Waals surface area (Å²) in [5, 5.41) is 18.8. The smallest absolute Gasteiger partial charge is 0.325 e. The summed E-state index contributed by atoms with van der Waals surface area (Å²) in [4.78, 5) is 23.0. The molecule has 0 bridgehead atoms. The molecule has 132 valence electrons. The maximum absolute atomic E-state index is 11.2. The highest BCUT2D eigenvalue weighted by Gasteiger charge is 2.21. The fraction of sp³-hybridized carbons (Fsp3) is 0.235. The Kier molecular flexibility index (Phi) is 3.96. The monoisotopic (exact) mass is 351 g/mol. The van der Waals surface area contributed by atoms with E-state index in [0.29, 0.717) is 18.2 Å². The number of carboxylic acid groups (broad SMARTS) is 1. The molecule has 9 nitrogen and oxygen atoms in total. The maximum Gasteiger partial charge on any atom is 0.325 e. The first-order valence-corrected chi connectivity index (χ1v) is 8.17. The minimum atomic E-state index is -0.963. The van der Waals surface area contributed by atoms with Crippen molar-refractivity contribution >= 4 is 16.9 Å². The van der Waals surface area contributed by atoms with Gasteiger partial charge >= 0.3 is 5.97 Å². The van der Waals surface area contributed by atoms with Crippen LogP contribution < -0.4 is 0 Å². The molecule has 0 aliphatic heterocycles. The Morgan fingerprint density at radius 3 is 2.96 bits per heavy atom. The van der Waals surface area contributed by atoms with Gasteiger partial charge in [0, 0.05) is 28.6 Å². The minimum absolute atomic E-state index is 0.0810. The summed E-state index contributed by atoms with van der Waals surface area (Å²) in [5.74, 6) is 0.0596. The number of hydrogen-bond acceptors (Lipinski definition) is 5. The molecule has 0 spiro atoms. The predicted octanol–water partition coefficient (Wildman–Crippen LogP) is 1.91. The molecule has 0 fully saturated rings. The number of fused-ring (bicyclic) bond motifs is 1. The molecule has 4 aromatic rings. The molecule has 0 amide bonds. The topological polar surface area (TPSA) is 115 Å². The van der Waals surface area contributed by atoms with Crippen LogP contribution >= 0.6 is 0 Å². The van der Waals surface area contributed by atoms with Gasteiger partial charge in [-0.05, 0) is 6.07 Å². The predicted molar refractivity (Wildman–Crippen MR) is 93.4 cm³/mol. The highest BCUT2D eigenvalue weighted by molar-refractivity contribution is 5.93. The van der Waals surface area contributed by atoms with Gasteiger partial charge in [0.2, 0.25) is 0 Å². The van der Waals surface area contributed by atoms with Crippen LogP contribution in [-0.2, 0) is 17.9 Å². The van der Waals surface area contributed by atoms with Gasteiger partial charge < -0.3 is 10.1 Å². The number of aromatic nitrogens is 7. The highest BCUT2D eigenvalue weighted by Crippen LogP contribution is 2.27. The molecular weight excluding hydrogens is 334 g/mol. The van der Waals surface area contributed by atoms with Crippen LogP contribution in [0.2, 0.25) is 0 Å². The quantitative estimate of drug-likeness (QED) is 0.548. The summed E-state index contributed by atoms with van der Waals surface area (Å²) in [6, 6.07) is 7.85. The maximum atomic E-state index is 11.2. The number of hydrogen-bond donors (Lipinski definition) is 2. The average molecular weight is 351 g/mol. The Labute approximate surface area is 148 Å². The number of nitrogens with one attached hydrogen (secondary N) is 1. The first-order valence-electron chi connectivity index (χ1n) is 8.17. The third kappa shape index (κ3) is 2.94. The molecule has 4 rings (SSSR count). The lowest BCUT2D eigenvalue weighted by molar-refractivity contribution is -0.137. The van der Waals surface area contributed by atoms with Gasteiger partial charge in [-0.25, -0.2) is 14.6 Å². The van der Waals surface area contributed by atoms with E-state index in [2.05, 4.69) is 25.1 Å². The number of aliphatic carboxylic acids is 1. The summed E-state index contributed by atoms with van der Waals surface area (Å²) >= 11 is 0. The molecule has 3 aromatic heterocycles. The van der Waals surface area contributed by atoms with Crippen LogP contribution in [0.5, 0.6) is 0 Å². The Morgan fingerprint density at radius 2 is 2.19 bits per heavy atom. The molecule has 0 saturated heterocycles. The van der Waals surface area contributed by atoms with Gasteiger partial charge in [-0.15, -0.1) is 0 Å². The second-order valence-corrected chi connectivity index (χ2v) is 6.11. The van der Waals surface area contributed by atoms with Crippen LogP contribution in [0.15, 0.2) is 43.1 Å². The van der Waals surface area contributed by atoms with Crippen LogP contribution in [-0.4, -0.2) is 45.6 Å². The van der Waals surface area contributed by atoms with Gasteiger partial charge in [0.1, 0.15) is 25.0 Å². The van der Waals surface area contributed by atoms with E-state index in [0.717, 1.165) is 16.5 Å². The van der Waals surface area contributed by atoms with Gasteiger partial charge in [0.25, 0.3) is 0 Å². The summed E-state index contributed by atoms with van der Waals surface area (Å²) in [6.45, 7) is 2.25. The van der Waals surface area contributed by atoms with E-state index in [9.17, 15) is 9.90 Å². The summed E-state index contributed by atoms with van der Waals surface area (Å²) in [7, 11) is 0. The van der Waals surface area contributed by atoms with Crippen LogP contribution in [0.25, 0.3) is 22.3 Å². The Morgan fingerprint density at radius 1 is 1.35 bits per heavy atom. The molecule has 1 atom stereocenters. The lowest BCUT2D eigenvalue weighted by Gasteiger charge is -2.11. The van der Waals surface area contributed by atoms with Gasteiger partial charge in [-0.1, -0.05) is 25.1 Å². The number of rotatable bonds is 6. The van der Waals surface area contributed by atoms with E-state index in [1.807, 2.05) is 37.4 Å². The van der Waals surface area contributed by atoms with Gasteiger partial charge in [0.15, 0.2) is 5.82 Å². The van der Waals surface area contributed by atoms with Crippen molar-refractivity contribution in [3.63, 3.8) is 0 Å². The molecule has 0 saturated carbocycles. The zero-order valence-electron chi connectivity index (χ0n) is 14.1. The largest absolute Gasteiger partial charge is 0.480 e. The lowest BCUT2D eigenvalue weighted by atomic mass is 10.1. The molecule has 1 unspecified atom stereocenters. The van der Waals surface area contributed by atoms with E-state index in [4.69, 9.17) is 0 Å². The van der Waals surface area contributed by atoms with Crippen molar-refractivity contribution in [2.24, 2.45) is 0 Å². The number of benzene rings is 1. The molecule has 0 aliphatic rings. The molecule has 3 heterocycles. The lowest BCUT2D eigenvalue weighted by Crippen LogP contribution is -2.17. The van der Waals surface area contributed by atoms with Crippen molar-refractivity contribution in [3.8, 4) is 11.4 Å². The summed E-state index contributed by atoms with van der Waals surface area (Å²) in [5.41, 5.74) is 1.83. The van der Waals surface area contributed by atoms with Crippen molar-refractivity contribution in [1.82, 2.24) is 34.5 Å². The number of aromatic amines is 1. The first-order chi connectivity index (χ1) is 12.6. The zero-order chi connectivity index (χ0) is 18.1. The second kappa shape index (κ2) is 6.43. The van der Waals surface area contributed by atoms with Crippen LogP contribution in [0.1, 0.15) is 18.7 Å². The van der Waals surface area contributed by atoms with E-state index in [1.165, 1.54) is 11.0 Å². The fourth-order valence-electron chi connectivity index (χ4n) is 3.02. The number of carboxylic acids is 1. The third-order valence-corrected chi connectivity index (χ3v) is 4.18. The van der Waals surface area contributed by atoms with Gasteiger partial charge in [0.05, 0.1) is 6.54 Å². The highest BCUT2D eigenvalue weighted by atomic mass is 16.4. The Balaban J connectivity index is 1.74. The molecule has 0 aliphatic carbocycles. The van der Waals surface area contributed by atoms with E-state index >= 15 is 0 Å². The SMILES string of the molecule is CC(Cn1cncn1)c1nc(-c2c[nH]c3ccccc23)nn1CC(=O)O. The Bertz CT molecular complexity index is 1050. The van der Waals surface area contributed by atoms with Gasteiger partial charge in [-0.3, -0.25) is 9.48 Å². The van der Waals surface area contributed by atoms with Crippen LogP contribution in [0.4, 0.5) is 0 Å². The molecule has 9 heteroatoms. The van der Waals surface area contributed by atoms with Crippen LogP contribution in [0, 0.1) is 0 Å². The van der Waals surface area contributed by atoms with Crippen molar-refractivity contribution in [2.45, 2.75) is 25.9 Å². The van der Waals surface area contributed by atoms with Crippen molar-refractivity contribution in [3.05, 3.63) is 48.9 Å². The molecule has 0 radical (unpaired) electrons. The average Bonchev–Trinajstić information content (AvgIpc) is 3.33. The normalized spacial score (nSPS) is 12.5. The summed E-state index contributed by atoms with van der Waals surface area (Å²) in [6.07, 6.45) is 4.93. The van der Waals surface area contributed by atoms with Gasteiger partial charge in [-0.2, -0.15) is 10.2 Å². The number of para-hydroxylation sites is 1. The number of nitrogens with zero attached hydrogens (tertiary/aromatic N) is 6. The first kappa shape index (κ1) is 16.0. The second-order valence-electron chi connectivity index (χ2n) is 6.11. The zero-order valence-corrected chi connectivity index (χ0v) is 14.1. The van der Waals surface area contributed by atoms with E-state index < -0.39 is 5.97 Å². The van der Waals surface area contributed by atoms with Crippen molar-refractivity contribution in [2.75, 3.05) is 0 Å². The Hall–Kier alpha value is -3.49. The molecule has 1 aromatic carbocycles. The standard InChI is InChI=1S/C17H17N7O2/c1-11(7-23-10-18-9-20-23)17-21-16(22-24(17)8-15(25)26)13-6-19-14-5-3-2-4-12(13)14/h2-6,9-11,19H,7-8H2,1H3,(H,25,26). The van der Waals surface area contributed by atoms with E-state index in [-0.39, 0.29) is 12.5 Å². The fourth-order valence-corrected chi connectivity index (χ4v) is 3.02. The molecule has 26 heavy (non-hydrogen) atoms.